The standard InChI is InChI=1S/C36H22O/c1-2-11-24-22-25(21-20-23(24)10-1)34-26-12-3-5-14-28(26)35(29-15-6-4-13-27(29)34)31-17-9-19-33-36(31)30-16-7-8-18-32(30)37-33/h1-22H/i1D. The van der Waals surface area contributed by atoms with E-state index in [1.807, 2.05) is 30.3 Å². The van der Waals surface area contributed by atoms with E-state index in [1.165, 1.54) is 43.8 Å². The highest BCUT2D eigenvalue weighted by Gasteiger charge is 2.20. The number of hydrogen-bond acceptors (Lipinski definition) is 1. The molecule has 172 valence electrons. The lowest BCUT2D eigenvalue weighted by Crippen LogP contribution is -1.91. The Morgan fingerprint density at radius 2 is 1.11 bits per heavy atom. The fraction of sp³-hybridized carbons (Fsp3) is 0. The van der Waals surface area contributed by atoms with Crippen LogP contribution in [-0.2, 0) is 0 Å². The molecule has 1 heterocycles. The topological polar surface area (TPSA) is 13.1 Å². The zero-order valence-corrected chi connectivity index (χ0v) is 20.0. The SMILES string of the molecule is [2H]c1ccc2cc(-c3c4ccccc4c(-c4cccc5oc6ccccc6c45)c4ccccc34)ccc2c1. The van der Waals surface area contributed by atoms with E-state index in [9.17, 15) is 0 Å². The zero-order valence-electron chi connectivity index (χ0n) is 21.0. The van der Waals surface area contributed by atoms with E-state index in [2.05, 4.69) is 97.1 Å². The Morgan fingerprint density at radius 3 is 1.86 bits per heavy atom. The van der Waals surface area contributed by atoms with Crippen LogP contribution in [0.3, 0.4) is 0 Å². The Hall–Kier alpha value is -4.88. The average Bonchev–Trinajstić information content (AvgIpc) is 3.35. The summed E-state index contributed by atoms with van der Waals surface area (Å²) in [5.41, 5.74) is 6.66. The van der Waals surface area contributed by atoms with Crippen LogP contribution in [0.5, 0.6) is 0 Å². The predicted molar refractivity (Wildman–Crippen MR) is 157 cm³/mol. The van der Waals surface area contributed by atoms with Gasteiger partial charge in [-0.2, -0.15) is 0 Å². The number of para-hydroxylation sites is 1. The molecule has 0 spiro atoms. The van der Waals surface area contributed by atoms with Gasteiger partial charge >= 0.3 is 0 Å². The third kappa shape index (κ3) is 2.98. The van der Waals surface area contributed by atoms with Crippen molar-refractivity contribution >= 4 is 54.3 Å². The van der Waals surface area contributed by atoms with Crippen molar-refractivity contribution < 1.29 is 5.79 Å². The van der Waals surface area contributed by atoms with Crippen LogP contribution < -0.4 is 0 Å². The summed E-state index contributed by atoms with van der Waals surface area (Å²) >= 11 is 0. The fourth-order valence-corrected chi connectivity index (χ4v) is 5.99. The van der Waals surface area contributed by atoms with Gasteiger partial charge in [-0.05, 0) is 72.8 Å². The van der Waals surface area contributed by atoms with Crippen LogP contribution in [0.4, 0.5) is 0 Å². The van der Waals surface area contributed by atoms with Crippen LogP contribution in [-0.4, -0.2) is 0 Å². The van der Waals surface area contributed by atoms with E-state index in [0.717, 1.165) is 32.7 Å². The summed E-state index contributed by atoms with van der Waals surface area (Å²) in [5.74, 6) is 0. The molecule has 7 aromatic carbocycles. The summed E-state index contributed by atoms with van der Waals surface area (Å²) in [5, 5.41) is 9.42. The van der Waals surface area contributed by atoms with Crippen molar-refractivity contribution in [3.63, 3.8) is 0 Å². The Morgan fingerprint density at radius 1 is 0.459 bits per heavy atom. The van der Waals surface area contributed by atoms with Crippen molar-refractivity contribution in [3.05, 3.63) is 133 Å². The van der Waals surface area contributed by atoms with Gasteiger partial charge in [-0.3, -0.25) is 0 Å². The van der Waals surface area contributed by atoms with Crippen molar-refractivity contribution in [1.29, 1.82) is 0 Å². The third-order valence-corrected chi connectivity index (χ3v) is 7.58. The molecule has 0 radical (unpaired) electrons. The van der Waals surface area contributed by atoms with Gasteiger partial charge in [0, 0.05) is 10.8 Å². The van der Waals surface area contributed by atoms with Gasteiger partial charge in [0.2, 0.25) is 0 Å². The molecule has 0 bridgehead atoms. The Labute approximate surface area is 215 Å². The number of benzene rings is 7. The van der Waals surface area contributed by atoms with E-state index in [4.69, 9.17) is 5.79 Å². The molecule has 37 heavy (non-hydrogen) atoms. The van der Waals surface area contributed by atoms with Crippen LogP contribution in [0.25, 0.3) is 76.5 Å². The van der Waals surface area contributed by atoms with Crippen molar-refractivity contribution in [2.45, 2.75) is 0 Å². The second-order valence-electron chi connectivity index (χ2n) is 9.61. The smallest absolute Gasteiger partial charge is 0.136 e. The van der Waals surface area contributed by atoms with Crippen molar-refractivity contribution in [1.82, 2.24) is 0 Å². The van der Waals surface area contributed by atoms with Gasteiger partial charge < -0.3 is 4.42 Å². The number of rotatable bonds is 2. The summed E-state index contributed by atoms with van der Waals surface area (Å²) in [6.07, 6.45) is 0. The van der Waals surface area contributed by atoms with Gasteiger partial charge in [-0.1, -0.05) is 115 Å². The van der Waals surface area contributed by atoms with Crippen LogP contribution in [0.2, 0.25) is 0 Å². The van der Waals surface area contributed by atoms with E-state index in [0.29, 0.717) is 6.04 Å². The molecule has 0 amide bonds. The monoisotopic (exact) mass is 471 g/mol. The van der Waals surface area contributed by atoms with Crippen molar-refractivity contribution in [2.24, 2.45) is 0 Å². The summed E-state index contributed by atoms with van der Waals surface area (Å²) < 4.78 is 14.3. The van der Waals surface area contributed by atoms with Crippen molar-refractivity contribution in [2.75, 3.05) is 0 Å². The zero-order chi connectivity index (χ0) is 25.2. The second kappa shape index (κ2) is 7.81. The highest BCUT2D eigenvalue weighted by atomic mass is 16.3. The number of furan rings is 1. The quantitative estimate of drug-likeness (QED) is 0.229. The maximum Gasteiger partial charge on any atom is 0.136 e. The van der Waals surface area contributed by atoms with Gasteiger partial charge in [0.05, 0.1) is 1.37 Å². The van der Waals surface area contributed by atoms with Gasteiger partial charge in [-0.15, -0.1) is 0 Å². The van der Waals surface area contributed by atoms with Gasteiger partial charge in [0.1, 0.15) is 11.2 Å². The number of hydrogen-bond donors (Lipinski definition) is 0. The molecule has 0 aliphatic rings. The minimum Gasteiger partial charge on any atom is -0.456 e. The van der Waals surface area contributed by atoms with Crippen LogP contribution in [0.1, 0.15) is 1.37 Å². The molecular weight excluding hydrogens is 448 g/mol. The lowest BCUT2D eigenvalue weighted by atomic mass is 9.84. The molecule has 0 aliphatic carbocycles. The molecule has 0 unspecified atom stereocenters. The molecule has 0 atom stereocenters. The van der Waals surface area contributed by atoms with E-state index >= 15 is 0 Å². The lowest BCUT2D eigenvalue weighted by molar-refractivity contribution is 0.669. The average molecular weight is 472 g/mol. The molecule has 0 saturated carbocycles. The second-order valence-corrected chi connectivity index (χ2v) is 9.61. The molecule has 0 aliphatic heterocycles. The van der Waals surface area contributed by atoms with Crippen LogP contribution >= 0.6 is 0 Å². The molecule has 1 heteroatoms. The summed E-state index contributed by atoms with van der Waals surface area (Å²) in [6.45, 7) is 0. The minimum absolute atomic E-state index is 0.534. The third-order valence-electron chi connectivity index (χ3n) is 7.58. The highest BCUT2D eigenvalue weighted by molar-refractivity contribution is 6.25. The van der Waals surface area contributed by atoms with Crippen LogP contribution in [0, 0.1) is 0 Å². The van der Waals surface area contributed by atoms with Crippen LogP contribution in [0.15, 0.2) is 138 Å². The Kier molecular flexibility index (Phi) is 4.08. The molecular formula is C36H22O. The molecule has 1 nitrogen and oxygen atoms in total. The first-order valence-electron chi connectivity index (χ1n) is 13.1. The van der Waals surface area contributed by atoms with Gasteiger partial charge in [0.25, 0.3) is 0 Å². The maximum atomic E-state index is 8.01. The Bertz CT molecular complexity index is 2150. The summed E-state index contributed by atoms with van der Waals surface area (Å²) in [7, 11) is 0. The normalized spacial score (nSPS) is 12.2. The first kappa shape index (κ1) is 19.3. The number of fused-ring (bicyclic) bond motifs is 6. The molecule has 8 aromatic rings. The van der Waals surface area contributed by atoms with E-state index in [1.54, 1.807) is 0 Å². The molecule has 8 rings (SSSR count). The Balaban J connectivity index is 1.53. The summed E-state index contributed by atoms with van der Waals surface area (Å²) in [6, 6.07) is 45.2. The molecule has 1 aromatic heterocycles. The molecule has 0 N–H and O–H groups in total. The fourth-order valence-electron chi connectivity index (χ4n) is 5.99. The maximum absolute atomic E-state index is 8.01. The lowest BCUT2D eigenvalue weighted by Gasteiger charge is -2.18. The van der Waals surface area contributed by atoms with E-state index < -0.39 is 0 Å². The first-order chi connectivity index (χ1) is 18.8. The van der Waals surface area contributed by atoms with E-state index in [-0.39, 0.29) is 0 Å². The highest BCUT2D eigenvalue weighted by Crippen LogP contribution is 2.46. The predicted octanol–water partition coefficient (Wildman–Crippen LogP) is 10.4. The van der Waals surface area contributed by atoms with Gasteiger partial charge in [0.15, 0.2) is 0 Å². The first-order valence-corrected chi connectivity index (χ1v) is 12.6. The molecule has 0 fully saturated rings. The van der Waals surface area contributed by atoms with Gasteiger partial charge in [-0.25, -0.2) is 0 Å². The minimum atomic E-state index is 0.534. The molecule has 0 saturated heterocycles. The van der Waals surface area contributed by atoms with Crippen molar-refractivity contribution in [3.8, 4) is 22.3 Å². The summed E-state index contributed by atoms with van der Waals surface area (Å²) in [4.78, 5) is 0. The largest absolute Gasteiger partial charge is 0.456 e.